The minimum Gasteiger partial charge on any atom is -0.494 e. The first-order chi connectivity index (χ1) is 16.6. The molecule has 0 unspecified atom stereocenters. The molecule has 0 amide bonds. The highest BCUT2D eigenvalue weighted by Gasteiger charge is 2.21. The smallest absolute Gasteiger partial charge is 0.336 e. The molecule has 2 aromatic carbocycles. The minimum absolute atomic E-state index is 0.318. The number of benzene rings is 2. The third-order valence-electron chi connectivity index (χ3n) is 6.26. The summed E-state index contributed by atoms with van der Waals surface area (Å²) in [4.78, 5) is 21.6. The Morgan fingerprint density at radius 3 is 2.41 bits per heavy atom. The van der Waals surface area contributed by atoms with E-state index in [1.54, 1.807) is 6.07 Å². The van der Waals surface area contributed by atoms with Gasteiger partial charge in [-0.05, 0) is 49.7 Å². The van der Waals surface area contributed by atoms with Crippen LogP contribution in [0, 0.1) is 6.92 Å². The van der Waals surface area contributed by atoms with E-state index in [2.05, 4.69) is 9.80 Å². The molecule has 1 saturated heterocycles. The van der Waals surface area contributed by atoms with Gasteiger partial charge in [0.15, 0.2) is 0 Å². The Bertz CT molecular complexity index is 1320. The van der Waals surface area contributed by atoms with Gasteiger partial charge in [-0.25, -0.2) is 9.78 Å². The molecule has 1 fully saturated rings. The van der Waals surface area contributed by atoms with Crippen LogP contribution in [0.2, 0.25) is 0 Å². The molecular formula is C27H29N3O4. The maximum atomic E-state index is 12.1. The number of aromatic nitrogens is 1. The summed E-state index contributed by atoms with van der Waals surface area (Å²) in [6.07, 6.45) is 0. The molecule has 7 nitrogen and oxygen atoms in total. The molecule has 5 rings (SSSR count). The number of hydrogen-bond donors (Lipinski definition) is 0. The van der Waals surface area contributed by atoms with Crippen molar-refractivity contribution in [2.45, 2.75) is 26.9 Å². The van der Waals surface area contributed by atoms with Gasteiger partial charge in [0.25, 0.3) is 0 Å². The Morgan fingerprint density at radius 2 is 1.68 bits per heavy atom. The van der Waals surface area contributed by atoms with Crippen LogP contribution in [0.3, 0.4) is 0 Å². The molecule has 1 aliphatic heterocycles. The van der Waals surface area contributed by atoms with E-state index in [1.807, 2.05) is 62.4 Å². The highest BCUT2D eigenvalue weighted by Crippen LogP contribution is 2.25. The second kappa shape index (κ2) is 9.83. The summed E-state index contributed by atoms with van der Waals surface area (Å²) in [5.41, 5.74) is 3.23. The lowest BCUT2D eigenvalue weighted by Gasteiger charge is -2.34. The van der Waals surface area contributed by atoms with Crippen molar-refractivity contribution in [3.05, 3.63) is 82.0 Å². The summed E-state index contributed by atoms with van der Waals surface area (Å²) in [6, 6.07) is 17.2. The van der Waals surface area contributed by atoms with Crippen molar-refractivity contribution >= 4 is 11.0 Å². The summed E-state index contributed by atoms with van der Waals surface area (Å²) in [5.74, 6) is 2.33. The van der Waals surface area contributed by atoms with Crippen LogP contribution < -0.4 is 10.4 Å². The Hall–Kier alpha value is -3.42. The van der Waals surface area contributed by atoms with Gasteiger partial charge in [0.1, 0.15) is 17.1 Å². The molecule has 0 bridgehead atoms. The molecule has 7 heteroatoms. The molecule has 2 aromatic heterocycles. The van der Waals surface area contributed by atoms with Crippen LogP contribution in [0.5, 0.6) is 5.75 Å². The minimum atomic E-state index is -0.318. The standard InChI is InChI=1S/C27H29N3O4/c1-3-32-22-9-10-25-23(16-22)21(15-26(31)34-25)17-29-11-13-30(14-12-29)18-24-19(2)33-27(28-24)20-7-5-4-6-8-20/h4-10,15-16H,3,11-14,17-18H2,1-2H3. The molecule has 0 N–H and O–H groups in total. The second-order valence-electron chi connectivity index (χ2n) is 8.62. The summed E-state index contributed by atoms with van der Waals surface area (Å²) in [6.45, 7) is 9.68. The molecule has 34 heavy (non-hydrogen) atoms. The van der Waals surface area contributed by atoms with Crippen LogP contribution in [0.15, 0.2) is 68.2 Å². The fraction of sp³-hybridized carbons (Fsp3) is 0.333. The first-order valence-electron chi connectivity index (χ1n) is 11.7. The van der Waals surface area contributed by atoms with Gasteiger partial charge in [-0.15, -0.1) is 0 Å². The molecule has 176 valence electrons. The van der Waals surface area contributed by atoms with Crippen LogP contribution in [0.25, 0.3) is 22.4 Å². The van der Waals surface area contributed by atoms with Gasteiger partial charge in [-0.2, -0.15) is 0 Å². The van der Waals surface area contributed by atoms with Gasteiger partial charge >= 0.3 is 5.63 Å². The topological polar surface area (TPSA) is 72.0 Å². The van der Waals surface area contributed by atoms with E-state index < -0.39 is 0 Å². The lowest BCUT2D eigenvalue weighted by Crippen LogP contribution is -2.45. The highest BCUT2D eigenvalue weighted by atomic mass is 16.5. The number of piperazine rings is 1. The predicted molar refractivity (Wildman–Crippen MR) is 131 cm³/mol. The summed E-state index contributed by atoms with van der Waals surface area (Å²) in [5, 5.41) is 0.930. The second-order valence-corrected chi connectivity index (χ2v) is 8.62. The Morgan fingerprint density at radius 1 is 0.941 bits per heavy atom. The number of ether oxygens (including phenoxy) is 1. The van der Waals surface area contributed by atoms with Crippen LogP contribution in [0.1, 0.15) is 23.9 Å². The maximum Gasteiger partial charge on any atom is 0.336 e. The third kappa shape index (κ3) is 4.90. The number of aryl methyl sites for hydroxylation is 1. The first kappa shape index (κ1) is 22.4. The zero-order valence-electron chi connectivity index (χ0n) is 19.6. The molecular weight excluding hydrogens is 430 g/mol. The number of rotatable bonds is 7. The van der Waals surface area contributed by atoms with Crippen molar-refractivity contribution in [3.63, 3.8) is 0 Å². The van der Waals surface area contributed by atoms with Gasteiger partial charge in [-0.1, -0.05) is 18.2 Å². The van der Waals surface area contributed by atoms with E-state index in [1.165, 1.54) is 0 Å². The van der Waals surface area contributed by atoms with Gasteiger partial charge in [0.05, 0.1) is 12.3 Å². The van der Waals surface area contributed by atoms with Gasteiger partial charge in [0.2, 0.25) is 5.89 Å². The van der Waals surface area contributed by atoms with E-state index >= 15 is 0 Å². The number of fused-ring (bicyclic) bond motifs is 1. The van der Waals surface area contributed by atoms with Gasteiger partial charge in [-0.3, -0.25) is 9.80 Å². The van der Waals surface area contributed by atoms with E-state index in [4.69, 9.17) is 18.6 Å². The van der Waals surface area contributed by atoms with Crippen molar-refractivity contribution in [2.24, 2.45) is 0 Å². The Kier molecular flexibility index (Phi) is 6.47. The van der Waals surface area contributed by atoms with Crippen molar-refractivity contribution in [2.75, 3.05) is 32.8 Å². The molecule has 0 atom stereocenters. The monoisotopic (exact) mass is 459 g/mol. The number of oxazole rings is 1. The number of hydrogen-bond acceptors (Lipinski definition) is 7. The molecule has 0 radical (unpaired) electrons. The summed E-state index contributed by atoms with van der Waals surface area (Å²) in [7, 11) is 0. The fourth-order valence-corrected chi connectivity index (χ4v) is 4.43. The van der Waals surface area contributed by atoms with E-state index in [0.29, 0.717) is 24.6 Å². The Labute approximate surface area is 198 Å². The van der Waals surface area contributed by atoms with Crippen LogP contribution in [-0.4, -0.2) is 47.6 Å². The average Bonchev–Trinajstić information content (AvgIpc) is 3.21. The SMILES string of the molecule is CCOc1ccc2oc(=O)cc(CN3CCN(Cc4nc(-c5ccccc5)oc4C)CC3)c2c1. The summed E-state index contributed by atoms with van der Waals surface area (Å²) < 4.78 is 17.0. The molecule has 0 aliphatic carbocycles. The van der Waals surface area contributed by atoms with Crippen LogP contribution in [-0.2, 0) is 13.1 Å². The van der Waals surface area contributed by atoms with Crippen molar-refractivity contribution < 1.29 is 13.6 Å². The molecule has 0 saturated carbocycles. The van der Waals surface area contributed by atoms with Crippen molar-refractivity contribution in [1.82, 2.24) is 14.8 Å². The van der Waals surface area contributed by atoms with Gasteiger partial charge in [0, 0.05) is 56.3 Å². The highest BCUT2D eigenvalue weighted by molar-refractivity contribution is 5.81. The lowest BCUT2D eigenvalue weighted by atomic mass is 10.1. The normalized spacial score (nSPS) is 15.1. The number of nitrogens with zero attached hydrogens (tertiary/aromatic N) is 3. The predicted octanol–water partition coefficient (Wildman–Crippen LogP) is 4.47. The summed E-state index contributed by atoms with van der Waals surface area (Å²) >= 11 is 0. The van der Waals surface area contributed by atoms with E-state index in [9.17, 15) is 4.79 Å². The quantitative estimate of drug-likeness (QED) is 0.378. The first-order valence-corrected chi connectivity index (χ1v) is 11.7. The average molecular weight is 460 g/mol. The van der Waals surface area contributed by atoms with Crippen molar-refractivity contribution in [3.8, 4) is 17.2 Å². The molecule has 3 heterocycles. The zero-order valence-corrected chi connectivity index (χ0v) is 19.6. The van der Waals surface area contributed by atoms with Gasteiger partial charge < -0.3 is 13.6 Å². The largest absolute Gasteiger partial charge is 0.494 e. The zero-order chi connectivity index (χ0) is 23.5. The molecule has 1 aliphatic rings. The third-order valence-corrected chi connectivity index (χ3v) is 6.26. The van der Waals surface area contributed by atoms with Crippen LogP contribution >= 0.6 is 0 Å². The maximum absolute atomic E-state index is 12.1. The molecule has 0 spiro atoms. The fourth-order valence-electron chi connectivity index (χ4n) is 4.43. The lowest BCUT2D eigenvalue weighted by molar-refractivity contribution is 0.121. The van der Waals surface area contributed by atoms with Crippen molar-refractivity contribution in [1.29, 1.82) is 0 Å². The molecule has 4 aromatic rings. The van der Waals surface area contributed by atoms with Crippen LogP contribution in [0.4, 0.5) is 0 Å². The van der Waals surface area contributed by atoms with E-state index in [0.717, 1.165) is 66.4 Å². The van der Waals surface area contributed by atoms with E-state index in [-0.39, 0.29) is 5.63 Å². The Balaban J connectivity index is 1.24.